The zero-order valence-electron chi connectivity index (χ0n) is 8.72. The highest BCUT2D eigenvalue weighted by Crippen LogP contribution is 2.03. The van der Waals surface area contributed by atoms with Crippen molar-refractivity contribution in [3.63, 3.8) is 0 Å². The minimum absolute atomic E-state index is 0.116. The SMILES string of the molecule is CCOCCNC(=O)C(C)(N)CC. The van der Waals surface area contributed by atoms with Gasteiger partial charge in [-0.15, -0.1) is 0 Å². The van der Waals surface area contributed by atoms with E-state index in [2.05, 4.69) is 5.32 Å². The fourth-order valence-electron chi connectivity index (χ4n) is 0.744. The molecule has 1 amide bonds. The molecular weight excluding hydrogens is 168 g/mol. The zero-order chi connectivity index (χ0) is 10.3. The molecule has 3 N–H and O–H groups in total. The molecule has 0 aromatic heterocycles. The van der Waals surface area contributed by atoms with E-state index in [0.717, 1.165) is 0 Å². The lowest BCUT2D eigenvalue weighted by Gasteiger charge is -2.21. The molecule has 0 bridgehead atoms. The van der Waals surface area contributed by atoms with Gasteiger partial charge in [-0.05, 0) is 20.3 Å². The number of nitrogens with two attached hydrogens (primary N) is 1. The predicted octanol–water partition coefficient (Wildman–Crippen LogP) is 0.267. The Labute approximate surface area is 79.8 Å². The molecular formula is C9H20N2O2. The van der Waals surface area contributed by atoms with Gasteiger partial charge in [-0.3, -0.25) is 4.79 Å². The summed E-state index contributed by atoms with van der Waals surface area (Å²) in [5.41, 5.74) is 4.96. The van der Waals surface area contributed by atoms with E-state index in [0.29, 0.717) is 26.2 Å². The maximum Gasteiger partial charge on any atom is 0.239 e. The maximum atomic E-state index is 11.4. The molecule has 0 rings (SSSR count). The molecule has 13 heavy (non-hydrogen) atoms. The molecule has 0 saturated heterocycles. The van der Waals surface area contributed by atoms with E-state index < -0.39 is 5.54 Å². The first-order chi connectivity index (χ1) is 6.04. The highest BCUT2D eigenvalue weighted by molar-refractivity contribution is 5.85. The lowest BCUT2D eigenvalue weighted by atomic mass is 10.00. The molecule has 0 heterocycles. The minimum atomic E-state index is -0.758. The van der Waals surface area contributed by atoms with E-state index in [1.54, 1.807) is 6.92 Å². The Bertz CT molecular complexity index is 158. The van der Waals surface area contributed by atoms with E-state index >= 15 is 0 Å². The molecule has 0 aliphatic carbocycles. The van der Waals surface area contributed by atoms with E-state index in [9.17, 15) is 4.79 Å². The number of hydrogen-bond acceptors (Lipinski definition) is 3. The third-order valence-corrected chi connectivity index (χ3v) is 1.99. The molecule has 0 aliphatic heterocycles. The maximum absolute atomic E-state index is 11.4. The number of rotatable bonds is 6. The van der Waals surface area contributed by atoms with Gasteiger partial charge in [0.25, 0.3) is 0 Å². The van der Waals surface area contributed by atoms with Gasteiger partial charge in [0, 0.05) is 13.2 Å². The molecule has 4 nitrogen and oxygen atoms in total. The predicted molar refractivity (Wildman–Crippen MR) is 52.4 cm³/mol. The summed E-state index contributed by atoms with van der Waals surface area (Å²) in [5.74, 6) is -0.116. The van der Waals surface area contributed by atoms with Gasteiger partial charge in [0.15, 0.2) is 0 Å². The summed E-state index contributed by atoms with van der Waals surface area (Å²) in [5, 5.41) is 2.72. The van der Waals surface area contributed by atoms with Crippen LogP contribution in [0.4, 0.5) is 0 Å². The summed E-state index contributed by atoms with van der Waals surface area (Å²) in [6, 6.07) is 0. The Balaban J connectivity index is 3.62. The van der Waals surface area contributed by atoms with Crippen LogP contribution in [0.25, 0.3) is 0 Å². The van der Waals surface area contributed by atoms with E-state index in [1.165, 1.54) is 0 Å². The van der Waals surface area contributed by atoms with Crippen LogP contribution in [0.2, 0.25) is 0 Å². The average Bonchev–Trinajstić information content (AvgIpc) is 2.12. The second-order valence-electron chi connectivity index (χ2n) is 3.22. The molecule has 0 aliphatic rings. The number of ether oxygens (including phenoxy) is 1. The van der Waals surface area contributed by atoms with Crippen molar-refractivity contribution in [2.24, 2.45) is 5.73 Å². The van der Waals surface area contributed by atoms with Gasteiger partial charge in [0.1, 0.15) is 0 Å². The van der Waals surface area contributed by atoms with Gasteiger partial charge < -0.3 is 15.8 Å². The molecule has 0 radical (unpaired) electrons. The highest BCUT2D eigenvalue weighted by Gasteiger charge is 2.24. The van der Waals surface area contributed by atoms with Crippen molar-refractivity contribution >= 4 is 5.91 Å². The lowest BCUT2D eigenvalue weighted by Crippen LogP contribution is -2.51. The first-order valence-electron chi connectivity index (χ1n) is 4.69. The Kier molecular flexibility index (Phi) is 5.66. The van der Waals surface area contributed by atoms with Crippen molar-refractivity contribution in [1.29, 1.82) is 0 Å². The zero-order valence-corrected chi connectivity index (χ0v) is 8.72. The standard InChI is InChI=1S/C9H20N2O2/c1-4-9(3,10)8(12)11-6-7-13-5-2/h4-7,10H2,1-3H3,(H,11,12). The summed E-state index contributed by atoms with van der Waals surface area (Å²) in [6.45, 7) is 7.27. The average molecular weight is 188 g/mol. The summed E-state index contributed by atoms with van der Waals surface area (Å²) >= 11 is 0. The lowest BCUT2D eigenvalue weighted by molar-refractivity contribution is -0.126. The molecule has 78 valence electrons. The van der Waals surface area contributed by atoms with Crippen LogP contribution in [0.3, 0.4) is 0 Å². The fourth-order valence-corrected chi connectivity index (χ4v) is 0.744. The minimum Gasteiger partial charge on any atom is -0.380 e. The Hall–Kier alpha value is -0.610. The molecule has 0 spiro atoms. The number of hydrogen-bond donors (Lipinski definition) is 2. The quantitative estimate of drug-likeness (QED) is 0.588. The van der Waals surface area contributed by atoms with Gasteiger partial charge in [-0.25, -0.2) is 0 Å². The van der Waals surface area contributed by atoms with Crippen LogP contribution in [0.15, 0.2) is 0 Å². The van der Waals surface area contributed by atoms with Crippen LogP contribution in [0.5, 0.6) is 0 Å². The van der Waals surface area contributed by atoms with E-state index in [4.69, 9.17) is 10.5 Å². The van der Waals surface area contributed by atoms with Crippen molar-refractivity contribution in [2.45, 2.75) is 32.7 Å². The molecule has 0 saturated carbocycles. The van der Waals surface area contributed by atoms with Crippen LogP contribution in [-0.2, 0) is 9.53 Å². The second kappa shape index (κ2) is 5.94. The number of carbonyl (C=O) groups excluding carboxylic acids is 1. The first-order valence-corrected chi connectivity index (χ1v) is 4.69. The molecule has 0 aromatic carbocycles. The number of amides is 1. The summed E-state index contributed by atoms with van der Waals surface area (Å²) < 4.78 is 5.07. The van der Waals surface area contributed by atoms with Crippen molar-refractivity contribution in [1.82, 2.24) is 5.32 Å². The van der Waals surface area contributed by atoms with Crippen molar-refractivity contribution in [3.8, 4) is 0 Å². The topological polar surface area (TPSA) is 64.3 Å². The normalized spacial score (nSPS) is 15.1. The molecule has 4 heteroatoms. The molecule has 0 aromatic rings. The van der Waals surface area contributed by atoms with E-state index in [1.807, 2.05) is 13.8 Å². The molecule has 1 atom stereocenters. The van der Waals surface area contributed by atoms with Crippen LogP contribution >= 0.6 is 0 Å². The van der Waals surface area contributed by atoms with Gasteiger partial charge in [0.05, 0.1) is 12.1 Å². The van der Waals surface area contributed by atoms with Gasteiger partial charge in [-0.1, -0.05) is 6.92 Å². The Morgan fingerprint density at radius 2 is 2.15 bits per heavy atom. The summed E-state index contributed by atoms with van der Waals surface area (Å²) in [7, 11) is 0. The third kappa shape index (κ3) is 4.85. The van der Waals surface area contributed by atoms with Gasteiger partial charge in [-0.2, -0.15) is 0 Å². The van der Waals surface area contributed by atoms with Crippen LogP contribution in [0.1, 0.15) is 27.2 Å². The number of carbonyl (C=O) groups is 1. The fraction of sp³-hybridized carbons (Fsp3) is 0.889. The largest absolute Gasteiger partial charge is 0.380 e. The molecule has 1 unspecified atom stereocenters. The van der Waals surface area contributed by atoms with Crippen molar-refractivity contribution in [2.75, 3.05) is 19.8 Å². The number of nitrogens with one attached hydrogen (secondary N) is 1. The highest BCUT2D eigenvalue weighted by atomic mass is 16.5. The second-order valence-corrected chi connectivity index (χ2v) is 3.22. The van der Waals surface area contributed by atoms with Gasteiger partial charge >= 0.3 is 0 Å². The van der Waals surface area contributed by atoms with Crippen molar-refractivity contribution in [3.05, 3.63) is 0 Å². The molecule has 0 fully saturated rings. The van der Waals surface area contributed by atoms with E-state index in [-0.39, 0.29) is 5.91 Å². The smallest absolute Gasteiger partial charge is 0.239 e. The monoisotopic (exact) mass is 188 g/mol. The summed E-state index contributed by atoms with van der Waals surface area (Å²) in [6.07, 6.45) is 0.632. The summed E-state index contributed by atoms with van der Waals surface area (Å²) in [4.78, 5) is 11.4. The van der Waals surface area contributed by atoms with Crippen LogP contribution < -0.4 is 11.1 Å². The Morgan fingerprint density at radius 3 is 2.62 bits per heavy atom. The van der Waals surface area contributed by atoms with Gasteiger partial charge in [0.2, 0.25) is 5.91 Å². The third-order valence-electron chi connectivity index (χ3n) is 1.99. The first kappa shape index (κ1) is 12.4. The van der Waals surface area contributed by atoms with Crippen molar-refractivity contribution < 1.29 is 9.53 Å². The Morgan fingerprint density at radius 1 is 1.54 bits per heavy atom. The van der Waals surface area contributed by atoms with Crippen LogP contribution in [0, 0.1) is 0 Å². The van der Waals surface area contributed by atoms with Crippen LogP contribution in [-0.4, -0.2) is 31.2 Å².